The standard InChI is InChI=1S/C13H15N3O4/c1-18-13(17)9-4-5-16(7-9)8-11-14-12(15-20-11)10-3-2-6-19-10/h2-3,6,9H,4-5,7-8H2,1H3. The molecule has 106 valence electrons. The van der Waals surface area contributed by atoms with Gasteiger partial charge >= 0.3 is 5.97 Å². The average Bonchev–Trinajstić information content (AvgIpc) is 3.19. The summed E-state index contributed by atoms with van der Waals surface area (Å²) in [5, 5.41) is 3.87. The van der Waals surface area contributed by atoms with Crippen molar-refractivity contribution < 1.29 is 18.5 Å². The van der Waals surface area contributed by atoms with Crippen LogP contribution in [0.1, 0.15) is 12.3 Å². The Balaban J connectivity index is 1.61. The molecular weight excluding hydrogens is 262 g/mol. The van der Waals surface area contributed by atoms with E-state index in [0.29, 0.717) is 30.6 Å². The van der Waals surface area contributed by atoms with Crippen LogP contribution in [0.15, 0.2) is 27.3 Å². The Bertz CT molecular complexity index is 578. The Labute approximate surface area is 115 Å². The van der Waals surface area contributed by atoms with Crippen molar-refractivity contribution in [3.05, 3.63) is 24.3 Å². The molecule has 2 aromatic heterocycles. The fourth-order valence-electron chi connectivity index (χ4n) is 2.35. The van der Waals surface area contributed by atoms with Crippen molar-refractivity contribution in [1.82, 2.24) is 15.0 Å². The molecular formula is C13H15N3O4. The van der Waals surface area contributed by atoms with Crippen molar-refractivity contribution in [3.8, 4) is 11.6 Å². The van der Waals surface area contributed by atoms with Crippen LogP contribution in [-0.2, 0) is 16.1 Å². The second-order valence-corrected chi connectivity index (χ2v) is 4.73. The zero-order valence-electron chi connectivity index (χ0n) is 11.1. The zero-order valence-corrected chi connectivity index (χ0v) is 11.1. The van der Waals surface area contributed by atoms with Crippen molar-refractivity contribution in [2.45, 2.75) is 13.0 Å². The molecule has 0 aromatic carbocycles. The molecule has 0 spiro atoms. The Morgan fingerprint density at radius 3 is 3.25 bits per heavy atom. The fourth-order valence-corrected chi connectivity index (χ4v) is 2.35. The van der Waals surface area contributed by atoms with Gasteiger partial charge in [-0.2, -0.15) is 4.98 Å². The Hall–Kier alpha value is -2.15. The highest BCUT2D eigenvalue weighted by molar-refractivity contribution is 5.72. The molecule has 1 saturated heterocycles. The lowest BCUT2D eigenvalue weighted by Gasteiger charge is -2.12. The van der Waals surface area contributed by atoms with Crippen LogP contribution in [-0.4, -0.2) is 41.2 Å². The summed E-state index contributed by atoms with van der Waals surface area (Å²) in [6, 6.07) is 3.55. The largest absolute Gasteiger partial charge is 0.469 e. The van der Waals surface area contributed by atoms with Gasteiger partial charge in [0, 0.05) is 6.54 Å². The first-order chi connectivity index (χ1) is 9.76. The highest BCUT2D eigenvalue weighted by atomic mass is 16.5. The van der Waals surface area contributed by atoms with Gasteiger partial charge in [-0.05, 0) is 25.1 Å². The first kappa shape index (κ1) is 12.9. The molecule has 0 radical (unpaired) electrons. The molecule has 0 amide bonds. The number of carbonyl (C=O) groups is 1. The van der Waals surface area contributed by atoms with Crippen LogP contribution >= 0.6 is 0 Å². The maximum absolute atomic E-state index is 11.5. The predicted octanol–water partition coefficient (Wildman–Crippen LogP) is 1.32. The van der Waals surface area contributed by atoms with Crippen molar-refractivity contribution >= 4 is 5.97 Å². The van der Waals surface area contributed by atoms with E-state index in [-0.39, 0.29) is 11.9 Å². The molecule has 7 heteroatoms. The summed E-state index contributed by atoms with van der Waals surface area (Å²) >= 11 is 0. The van der Waals surface area contributed by atoms with Gasteiger partial charge in [0.25, 0.3) is 0 Å². The van der Waals surface area contributed by atoms with Crippen molar-refractivity contribution in [2.75, 3.05) is 20.2 Å². The molecule has 3 heterocycles. The number of rotatable bonds is 4. The van der Waals surface area contributed by atoms with Gasteiger partial charge in [0.2, 0.25) is 11.7 Å². The molecule has 20 heavy (non-hydrogen) atoms. The van der Waals surface area contributed by atoms with Crippen LogP contribution < -0.4 is 0 Å². The molecule has 1 atom stereocenters. The summed E-state index contributed by atoms with van der Waals surface area (Å²) in [4.78, 5) is 17.8. The number of likely N-dealkylation sites (tertiary alicyclic amines) is 1. The molecule has 3 rings (SSSR count). The normalized spacial score (nSPS) is 19.4. The SMILES string of the molecule is COC(=O)C1CCN(Cc2nc(-c3ccco3)no2)C1. The van der Waals surface area contributed by atoms with Gasteiger partial charge in [-0.3, -0.25) is 9.69 Å². The van der Waals surface area contributed by atoms with Gasteiger partial charge in [-0.1, -0.05) is 5.16 Å². The minimum Gasteiger partial charge on any atom is -0.469 e. The second-order valence-electron chi connectivity index (χ2n) is 4.73. The Kier molecular flexibility index (Phi) is 3.51. The van der Waals surface area contributed by atoms with Crippen LogP contribution in [0.4, 0.5) is 0 Å². The fraction of sp³-hybridized carbons (Fsp3) is 0.462. The van der Waals surface area contributed by atoms with Crippen molar-refractivity contribution in [1.29, 1.82) is 0 Å². The van der Waals surface area contributed by atoms with Crippen LogP contribution in [0.3, 0.4) is 0 Å². The van der Waals surface area contributed by atoms with Crippen molar-refractivity contribution in [3.63, 3.8) is 0 Å². The lowest BCUT2D eigenvalue weighted by atomic mass is 10.1. The lowest BCUT2D eigenvalue weighted by molar-refractivity contribution is -0.144. The third-order valence-corrected chi connectivity index (χ3v) is 3.38. The zero-order chi connectivity index (χ0) is 13.9. The first-order valence-electron chi connectivity index (χ1n) is 6.43. The van der Waals surface area contributed by atoms with E-state index < -0.39 is 0 Å². The van der Waals surface area contributed by atoms with E-state index in [1.54, 1.807) is 18.4 Å². The Morgan fingerprint density at radius 2 is 2.50 bits per heavy atom. The van der Waals surface area contributed by atoms with Crippen molar-refractivity contribution in [2.24, 2.45) is 5.92 Å². The number of ether oxygens (including phenoxy) is 1. The van der Waals surface area contributed by atoms with Gasteiger partial charge in [0.15, 0.2) is 5.76 Å². The maximum Gasteiger partial charge on any atom is 0.310 e. The van der Waals surface area contributed by atoms with Gasteiger partial charge in [-0.15, -0.1) is 0 Å². The number of hydrogen-bond acceptors (Lipinski definition) is 7. The minimum atomic E-state index is -0.158. The molecule has 1 aliphatic rings. The van der Waals surface area contributed by atoms with Gasteiger partial charge in [0.05, 0.1) is 25.8 Å². The lowest BCUT2D eigenvalue weighted by Crippen LogP contribution is -2.23. The van der Waals surface area contributed by atoms with Gasteiger partial charge < -0.3 is 13.7 Å². The number of carbonyl (C=O) groups excluding carboxylic acids is 1. The first-order valence-corrected chi connectivity index (χ1v) is 6.43. The molecule has 7 nitrogen and oxygen atoms in total. The third kappa shape index (κ3) is 2.57. The summed E-state index contributed by atoms with van der Waals surface area (Å²) in [6.45, 7) is 2.00. The van der Waals surface area contributed by atoms with Crippen LogP contribution in [0.25, 0.3) is 11.6 Å². The number of furan rings is 1. The monoisotopic (exact) mass is 277 g/mol. The number of esters is 1. The highest BCUT2D eigenvalue weighted by Gasteiger charge is 2.29. The molecule has 0 aliphatic carbocycles. The topological polar surface area (TPSA) is 81.6 Å². The Morgan fingerprint density at radius 1 is 1.60 bits per heavy atom. The number of hydrogen-bond donors (Lipinski definition) is 0. The number of nitrogens with zero attached hydrogens (tertiary/aromatic N) is 3. The van der Waals surface area contributed by atoms with E-state index in [4.69, 9.17) is 13.7 Å². The van der Waals surface area contributed by atoms with Gasteiger partial charge in [0.1, 0.15) is 0 Å². The van der Waals surface area contributed by atoms with E-state index in [1.807, 2.05) is 0 Å². The van der Waals surface area contributed by atoms with E-state index in [9.17, 15) is 4.79 Å². The highest BCUT2D eigenvalue weighted by Crippen LogP contribution is 2.21. The summed E-state index contributed by atoms with van der Waals surface area (Å²) in [5.74, 6) is 1.31. The summed E-state index contributed by atoms with van der Waals surface area (Å²) < 4.78 is 15.2. The molecule has 1 unspecified atom stereocenters. The van der Waals surface area contributed by atoms with E-state index >= 15 is 0 Å². The summed E-state index contributed by atoms with van der Waals surface area (Å²) in [5.41, 5.74) is 0. The molecule has 1 fully saturated rings. The van der Waals surface area contributed by atoms with Gasteiger partial charge in [-0.25, -0.2) is 0 Å². The van der Waals surface area contributed by atoms with Crippen LogP contribution in [0.2, 0.25) is 0 Å². The smallest absolute Gasteiger partial charge is 0.310 e. The predicted molar refractivity (Wildman–Crippen MR) is 67.4 cm³/mol. The third-order valence-electron chi connectivity index (χ3n) is 3.38. The number of methoxy groups -OCH3 is 1. The van der Waals surface area contributed by atoms with Crippen LogP contribution in [0, 0.1) is 5.92 Å². The van der Waals surface area contributed by atoms with E-state index in [1.165, 1.54) is 7.11 Å². The summed E-state index contributed by atoms with van der Waals surface area (Å²) in [6.07, 6.45) is 2.36. The molecule has 1 aliphatic heterocycles. The quantitative estimate of drug-likeness (QED) is 0.779. The van der Waals surface area contributed by atoms with E-state index in [2.05, 4.69) is 15.0 Å². The second kappa shape index (κ2) is 5.46. The molecule has 2 aromatic rings. The minimum absolute atomic E-state index is 0.0625. The number of aromatic nitrogens is 2. The maximum atomic E-state index is 11.5. The molecule has 0 N–H and O–H groups in total. The van der Waals surface area contributed by atoms with Crippen LogP contribution in [0.5, 0.6) is 0 Å². The van der Waals surface area contributed by atoms with E-state index in [0.717, 1.165) is 13.0 Å². The summed E-state index contributed by atoms with van der Waals surface area (Å²) in [7, 11) is 1.42. The molecule has 0 saturated carbocycles. The molecule has 0 bridgehead atoms. The average molecular weight is 277 g/mol.